The number of hydrogen-bond acceptors (Lipinski definition) is 6. The molecule has 24 heavy (non-hydrogen) atoms. The first-order chi connectivity index (χ1) is 11.4. The summed E-state index contributed by atoms with van der Waals surface area (Å²) >= 11 is 2.51. The SMILES string of the molecule is O=S(=O)(NC[C@@H]1CCCN(S(=O)(=O)c2ccsc2)C1)c1cccs1. The van der Waals surface area contributed by atoms with Gasteiger partial charge in [0.25, 0.3) is 0 Å². The second kappa shape index (κ2) is 7.22. The highest BCUT2D eigenvalue weighted by molar-refractivity contribution is 7.91. The number of rotatable bonds is 6. The molecule has 0 bridgehead atoms. The van der Waals surface area contributed by atoms with Gasteiger partial charge in [0.15, 0.2) is 0 Å². The predicted octanol–water partition coefficient (Wildman–Crippen LogP) is 2.19. The molecule has 132 valence electrons. The zero-order valence-corrected chi connectivity index (χ0v) is 16.1. The molecule has 0 unspecified atom stereocenters. The van der Waals surface area contributed by atoms with Crippen LogP contribution < -0.4 is 4.72 Å². The van der Waals surface area contributed by atoms with E-state index in [0.717, 1.165) is 24.2 Å². The number of piperidine rings is 1. The van der Waals surface area contributed by atoms with Crippen molar-refractivity contribution in [3.05, 3.63) is 34.3 Å². The fourth-order valence-corrected chi connectivity index (χ4v) is 7.40. The molecule has 1 fully saturated rings. The highest BCUT2D eigenvalue weighted by Gasteiger charge is 2.31. The van der Waals surface area contributed by atoms with Gasteiger partial charge >= 0.3 is 0 Å². The second-order valence-electron chi connectivity index (χ2n) is 5.61. The van der Waals surface area contributed by atoms with Gasteiger partial charge in [-0.1, -0.05) is 6.07 Å². The van der Waals surface area contributed by atoms with Gasteiger partial charge in [0.2, 0.25) is 20.0 Å². The van der Waals surface area contributed by atoms with E-state index < -0.39 is 20.0 Å². The van der Waals surface area contributed by atoms with Gasteiger partial charge in [-0.2, -0.15) is 15.6 Å². The molecule has 1 aliphatic rings. The largest absolute Gasteiger partial charge is 0.250 e. The molecule has 2 aromatic rings. The van der Waals surface area contributed by atoms with Gasteiger partial charge < -0.3 is 0 Å². The zero-order valence-electron chi connectivity index (χ0n) is 12.8. The molecule has 1 N–H and O–H groups in total. The van der Waals surface area contributed by atoms with Crippen LogP contribution in [0.3, 0.4) is 0 Å². The number of nitrogens with zero attached hydrogens (tertiary/aromatic N) is 1. The van der Waals surface area contributed by atoms with Gasteiger partial charge in [-0.15, -0.1) is 11.3 Å². The Labute approximate surface area is 150 Å². The smallest absolute Gasteiger partial charge is 0.210 e. The van der Waals surface area contributed by atoms with E-state index in [0.29, 0.717) is 18.0 Å². The van der Waals surface area contributed by atoms with Gasteiger partial charge in [0, 0.05) is 25.0 Å². The Morgan fingerprint density at radius 3 is 2.71 bits per heavy atom. The molecule has 2 aromatic heterocycles. The Morgan fingerprint density at radius 2 is 2.04 bits per heavy atom. The van der Waals surface area contributed by atoms with Crippen LogP contribution in [-0.2, 0) is 20.0 Å². The van der Waals surface area contributed by atoms with Crippen LogP contribution in [0.2, 0.25) is 0 Å². The average Bonchev–Trinajstić information content (AvgIpc) is 3.26. The van der Waals surface area contributed by atoms with Gasteiger partial charge in [-0.25, -0.2) is 21.6 Å². The van der Waals surface area contributed by atoms with Gasteiger partial charge in [0.1, 0.15) is 4.21 Å². The first-order valence-electron chi connectivity index (χ1n) is 7.45. The minimum Gasteiger partial charge on any atom is -0.210 e. The molecule has 3 heterocycles. The van der Waals surface area contributed by atoms with Crippen molar-refractivity contribution in [2.75, 3.05) is 19.6 Å². The minimum absolute atomic E-state index is 0.0260. The van der Waals surface area contributed by atoms with E-state index in [1.807, 2.05) is 0 Å². The molecule has 0 spiro atoms. The van der Waals surface area contributed by atoms with E-state index in [1.165, 1.54) is 15.6 Å². The average molecular weight is 407 g/mol. The van der Waals surface area contributed by atoms with Crippen LogP contribution in [-0.4, -0.2) is 40.8 Å². The number of hydrogen-bond donors (Lipinski definition) is 1. The monoisotopic (exact) mass is 406 g/mol. The summed E-state index contributed by atoms with van der Waals surface area (Å²) in [6.07, 6.45) is 1.54. The maximum Gasteiger partial charge on any atom is 0.250 e. The van der Waals surface area contributed by atoms with E-state index in [-0.39, 0.29) is 16.7 Å². The molecule has 0 radical (unpaired) electrons. The first-order valence-corrected chi connectivity index (χ1v) is 12.2. The molecule has 0 aliphatic carbocycles. The molecule has 3 rings (SSSR count). The van der Waals surface area contributed by atoms with E-state index >= 15 is 0 Å². The van der Waals surface area contributed by atoms with Crippen molar-refractivity contribution in [3.8, 4) is 0 Å². The van der Waals surface area contributed by atoms with Crippen molar-refractivity contribution in [2.24, 2.45) is 5.92 Å². The van der Waals surface area contributed by atoms with Crippen LogP contribution in [0.25, 0.3) is 0 Å². The third kappa shape index (κ3) is 3.89. The Kier molecular flexibility index (Phi) is 5.42. The van der Waals surface area contributed by atoms with Crippen molar-refractivity contribution in [1.29, 1.82) is 0 Å². The Bertz CT molecular complexity index is 858. The molecule has 1 atom stereocenters. The van der Waals surface area contributed by atoms with Crippen LogP contribution in [0.5, 0.6) is 0 Å². The molecule has 6 nitrogen and oxygen atoms in total. The van der Waals surface area contributed by atoms with Crippen molar-refractivity contribution in [2.45, 2.75) is 21.9 Å². The van der Waals surface area contributed by atoms with Gasteiger partial charge in [0.05, 0.1) is 4.90 Å². The standard InChI is InChI=1S/C14H18N2O4S4/c17-23(18,14-4-2-7-22-14)15-9-12-3-1-6-16(10-12)24(19,20)13-5-8-21-11-13/h2,4-5,7-8,11-12,15H,1,3,6,9-10H2/t12-/m0/s1. The normalized spacial score (nSPS) is 20.2. The predicted molar refractivity (Wildman–Crippen MR) is 95.3 cm³/mol. The fraction of sp³-hybridized carbons (Fsp3) is 0.429. The molecule has 0 saturated carbocycles. The highest BCUT2D eigenvalue weighted by Crippen LogP contribution is 2.25. The lowest BCUT2D eigenvalue weighted by Gasteiger charge is -2.31. The lowest BCUT2D eigenvalue weighted by Crippen LogP contribution is -2.43. The maximum absolute atomic E-state index is 12.6. The Hall–Kier alpha value is -0.780. The van der Waals surface area contributed by atoms with Crippen LogP contribution in [0, 0.1) is 5.92 Å². The summed E-state index contributed by atoms with van der Waals surface area (Å²) in [5, 5.41) is 5.08. The van der Waals surface area contributed by atoms with E-state index in [9.17, 15) is 16.8 Å². The third-order valence-electron chi connectivity index (χ3n) is 3.94. The molecule has 1 saturated heterocycles. The van der Waals surface area contributed by atoms with E-state index in [2.05, 4.69) is 4.72 Å². The first kappa shape index (κ1) is 18.0. The molecule has 0 amide bonds. The summed E-state index contributed by atoms with van der Waals surface area (Å²) in [5.74, 6) is -0.0260. The third-order valence-corrected chi connectivity index (χ3v) is 9.45. The molecular weight excluding hydrogens is 388 g/mol. The van der Waals surface area contributed by atoms with Crippen LogP contribution in [0.4, 0.5) is 0 Å². The van der Waals surface area contributed by atoms with Crippen molar-refractivity contribution in [3.63, 3.8) is 0 Å². The van der Waals surface area contributed by atoms with Crippen LogP contribution in [0.15, 0.2) is 43.4 Å². The summed E-state index contributed by atoms with van der Waals surface area (Å²) in [6, 6.07) is 4.85. The van der Waals surface area contributed by atoms with E-state index in [1.54, 1.807) is 34.3 Å². The van der Waals surface area contributed by atoms with Gasteiger partial charge in [-0.05, 0) is 41.7 Å². The van der Waals surface area contributed by atoms with Crippen LogP contribution >= 0.6 is 22.7 Å². The van der Waals surface area contributed by atoms with Crippen molar-refractivity contribution >= 4 is 42.7 Å². The Balaban J connectivity index is 1.64. The number of sulfonamides is 2. The second-order valence-corrected chi connectivity index (χ2v) is 11.3. The van der Waals surface area contributed by atoms with Crippen molar-refractivity contribution in [1.82, 2.24) is 9.03 Å². The lowest BCUT2D eigenvalue weighted by molar-refractivity contribution is 0.267. The number of thiophene rings is 2. The van der Waals surface area contributed by atoms with E-state index in [4.69, 9.17) is 0 Å². The summed E-state index contributed by atoms with van der Waals surface area (Å²) in [4.78, 5) is 0.312. The summed E-state index contributed by atoms with van der Waals surface area (Å²) < 4.78 is 53.8. The summed E-state index contributed by atoms with van der Waals surface area (Å²) in [7, 11) is -6.99. The summed E-state index contributed by atoms with van der Waals surface area (Å²) in [5.41, 5.74) is 0. The zero-order chi connectivity index (χ0) is 17.2. The fourth-order valence-electron chi connectivity index (χ4n) is 2.67. The van der Waals surface area contributed by atoms with Gasteiger partial charge in [-0.3, -0.25) is 0 Å². The quantitative estimate of drug-likeness (QED) is 0.797. The molecule has 1 aliphatic heterocycles. The number of nitrogens with one attached hydrogen (secondary N) is 1. The molecule has 0 aromatic carbocycles. The highest BCUT2D eigenvalue weighted by atomic mass is 32.2. The molecule has 10 heteroatoms. The maximum atomic E-state index is 12.6. The van der Waals surface area contributed by atoms with Crippen LogP contribution in [0.1, 0.15) is 12.8 Å². The molecular formula is C14H18N2O4S4. The van der Waals surface area contributed by atoms with Crippen molar-refractivity contribution < 1.29 is 16.8 Å². The lowest BCUT2D eigenvalue weighted by atomic mass is 10.0. The summed E-state index contributed by atoms with van der Waals surface area (Å²) in [6.45, 7) is 1.06. The Morgan fingerprint density at radius 1 is 1.21 bits per heavy atom. The minimum atomic E-state index is -3.51. The topological polar surface area (TPSA) is 83.6 Å².